The number of rotatable bonds is 3. The number of nitrogens with two attached hydrogens (primary N) is 1. The Labute approximate surface area is 124 Å². The third-order valence-corrected chi connectivity index (χ3v) is 3.55. The van der Waals surface area contributed by atoms with Gasteiger partial charge in [-0.1, -0.05) is 0 Å². The van der Waals surface area contributed by atoms with Crippen LogP contribution in [-0.4, -0.2) is 37.4 Å². The lowest BCUT2D eigenvalue weighted by atomic mass is 10.1. The van der Waals surface area contributed by atoms with Crippen LogP contribution in [0.3, 0.4) is 0 Å². The standard InChI is InChI=1S/C13H13N7O2/c14-12-18-10-7(3-6-4-9(21)17-11(6)22)5-15-20(10)13(19-12)16-8-1-2-8/h3,5,8H,1-2,4H2,(H,17,21,22)(H3,14,16,18,19)/b6-3+. The molecule has 4 rings (SSSR count). The van der Waals surface area contributed by atoms with Crippen LogP contribution in [0.1, 0.15) is 24.8 Å². The molecule has 1 saturated heterocycles. The summed E-state index contributed by atoms with van der Waals surface area (Å²) >= 11 is 0. The fourth-order valence-corrected chi connectivity index (χ4v) is 2.33. The first-order chi connectivity index (χ1) is 10.6. The molecular formula is C13H13N7O2. The first-order valence-corrected chi connectivity index (χ1v) is 6.93. The van der Waals surface area contributed by atoms with Gasteiger partial charge in [0.15, 0.2) is 5.65 Å². The van der Waals surface area contributed by atoms with Crippen molar-refractivity contribution in [2.45, 2.75) is 25.3 Å². The Morgan fingerprint density at radius 1 is 1.36 bits per heavy atom. The number of fused-ring (bicyclic) bond motifs is 1. The first kappa shape index (κ1) is 12.7. The Hall–Kier alpha value is -2.97. The van der Waals surface area contributed by atoms with Crippen LogP contribution >= 0.6 is 0 Å². The third-order valence-electron chi connectivity index (χ3n) is 3.55. The number of hydrogen-bond acceptors (Lipinski definition) is 7. The third kappa shape index (κ3) is 2.16. The van der Waals surface area contributed by atoms with Crippen molar-refractivity contribution in [3.05, 3.63) is 17.3 Å². The number of nitrogens with one attached hydrogen (secondary N) is 2. The van der Waals surface area contributed by atoms with Crippen molar-refractivity contribution < 1.29 is 9.59 Å². The molecule has 2 aliphatic rings. The van der Waals surface area contributed by atoms with Crippen molar-refractivity contribution in [1.82, 2.24) is 24.9 Å². The highest BCUT2D eigenvalue weighted by Gasteiger charge is 2.25. The van der Waals surface area contributed by atoms with Gasteiger partial charge in [-0.05, 0) is 18.9 Å². The number of imide groups is 1. The van der Waals surface area contributed by atoms with Gasteiger partial charge < -0.3 is 11.1 Å². The van der Waals surface area contributed by atoms with Gasteiger partial charge in [0.25, 0.3) is 5.91 Å². The number of nitrogen functional groups attached to an aromatic ring is 1. The molecule has 9 nitrogen and oxygen atoms in total. The SMILES string of the molecule is Nc1nc(NC2CC2)n2ncc(/C=C3\CC(=O)NC3=O)c2n1. The van der Waals surface area contributed by atoms with Gasteiger partial charge in [-0.25, -0.2) is 0 Å². The Bertz CT molecular complexity index is 834. The van der Waals surface area contributed by atoms with Crippen LogP contribution in [0.25, 0.3) is 11.7 Å². The fourth-order valence-electron chi connectivity index (χ4n) is 2.33. The molecule has 0 atom stereocenters. The minimum Gasteiger partial charge on any atom is -0.368 e. The number of aromatic nitrogens is 4. The van der Waals surface area contributed by atoms with E-state index in [1.807, 2.05) is 0 Å². The molecule has 2 aromatic heterocycles. The lowest BCUT2D eigenvalue weighted by Crippen LogP contribution is -2.19. The maximum Gasteiger partial charge on any atom is 0.254 e. The molecule has 0 bridgehead atoms. The molecule has 1 aliphatic heterocycles. The number of anilines is 2. The van der Waals surface area contributed by atoms with E-state index in [9.17, 15) is 9.59 Å². The lowest BCUT2D eigenvalue weighted by Gasteiger charge is -2.06. The van der Waals surface area contributed by atoms with Crippen LogP contribution in [0.4, 0.5) is 11.9 Å². The highest BCUT2D eigenvalue weighted by molar-refractivity contribution is 6.15. The molecule has 2 fully saturated rings. The normalized spacial score (nSPS) is 19.9. The van der Waals surface area contributed by atoms with Crippen molar-refractivity contribution in [2.24, 2.45) is 0 Å². The molecule has 22 heavy (non-hydrogen) atoms. The average molecular weight is 299 g/mol. The second-order valence-electron chi connectivity index (χ2n) is 5.38. The van der Waals surface area contributed by atoms with Gasteiger partial charge in [-0.3, -0.25) is 14.9 Å². The molecule has 3 heterocycles. The largest absolute Gasteiger partial charge is 0.368 e. The van der Waals surface area contributed by atoms with Crippen LogP contribution in [0.2, 0.25) is 0 Å². The maximum absolute atomic E-state index is 11.6. The summed E-state index contributed by atoms with van der Waals surface area (Å²) < 4.78 is 1.55. The fraction of sp³-hybridized carbons (Fsp3) is 0.308. The maximum atomic E-state index is 11.6. The molecule has 112 valence electrons. The molecular weight excluding hydrogens is 286 g/mol. The van der Waals surface area contributed by atoms with E-state index in [0.29, 0.717) is 28.8 Å². The summed E-state index contributed by atoms with van der Waals surface area (Å²) in [4.78, 5) is 31.2. The second kappa shape index (κ2) is 4.52. The first-order valence-electron chi connectivity index (χ1n) is 6.93. The van der Waals surface area contributed by atoms with E-state index in [4.69, 9.17) is 5.73 Å². The van der Waals surface area contributed by atoms with Crippen LogP contribution in [0.5, 0.6) is 0 Å². The highest BCUT2D eigenvalue weighted by atomic mass is 16.2. The Morgan fingerprint density at radius 3 is 2.86 bits per heavy atom. The van der Waals surface area contributed by atoms with E-state index in [1.54, 1.807) is 16.8 Å². The van der Waals surface area contributed by atoms with E-state index >= 15 is 0 Å². The Kier molecular flexibility index (Phi) is 2.62. The van der Waals surface area contributed by atoms with Gasteiger partial charge in [0, 0.05) is 17.2 Å². The van der Waals surface area contributed by atoms with Gasteiger partial charge in [0.05, 0.1) is 12.6 Å². The summed E-state index contributed by atoms with van der Waals surface area (Å²) in [5.41, 5.74) is 7.25. The minimum absolute atomic E-state index is 0.0594. The number of carbonyl (C=O) groups excluding carboxylic acids is 2. The number of nitrogens with zero attached hydrogens (tertiary/aromatic N) is 4. The molecule has 0 unspecified atom stereocenters. The summed E-state index contributed by atoms with van der Waals surface area (Å²) in [6, 6.07) is 0.390. The highest BCUT2D eigenvalue weighted by Crippen LogP contribution is 2.25. The van der Waals surface area contributed by atoms with Crippen LogP contribution in [0, 0.1) is 0 Å². The summed E-state index contributed by atoms with van der Waals surface area (Å²) in [5, 5.41) is 9.72. The van der Waals surface area contributed by atoms with Crippen molar-refractivity contribution in [3.8, 4) is 0 Å². The number of amides is 2. The Morgan fingerprint density at radius 2 is 2.18 bits per heavy atom. The quantitative estimate of drug-likeness (QED) is 0.525. The molecule has 1 aliphatic carbocycles. The van der Waals surface area contributed by atoms with Gasteiger partial charge in [0.2, 0.25) is 17.8 Å². The van der Waals surface area contributed by atoms with Crippen molar-refractivity contribution in [1.29, 1.82) is 0 Å². The van der Waals surface area contributed by atoms with E-state index < -0.39 is 0 Å². The molecule has 0 radical (unpaired) electrons. The lowest BCUT2D eigenvalue weighted by molar-refractivity contribution is -0.124. The van der Waals surface area contributed by atoms with E-state index in [2.05, 4.69) is 25.7 Å². The van der Waals surface area contributed by atoms with Crippen molar-refractivity contribution in [2.75, 3.05) is 11.1 Å². The van der Waals surface area contributed by atoms with Gasteiger partial charge in [-0.2, -0.15) is 19.6 Å². The summed E-state index contributed by atoms with van der Waals surface area (Å²) in [7, 11) is 0. The predicted molar refractivity (Wildman–Crippen MR) is 77.6 cm³/mol. The predicted octanol–water partition coefficient (Wildman–Crippen LogP) is -0.289. The van der Waals surface area contributed by atoms with E-state index in [1.165, 1.54) is 0 Å². The molecule has 9 heteroatoms. The zero-order valence-corrected chi connectivity index (χ0v) is 11.5. The average Bonchev–Trinajstić information content (AvgIpc) is 3.09. The summed E-state index contributed by atoms with van der Waals surface area (Å²) in [6.45, 7) is 0. The van der Waals surface area contributed by atoms with Crippen LogP contribution in [0.15, 0.2) is 11.8 Å². The zero-order valence-electron chi connectivity index (χ0n) is 11.5. The van der Waals surface area contributed by atoms with E-state index in [0.717, 1.165) is 12.8 Å². The monoisotopic (exact) mass is 299 g/mol. The molecule has 0 spiro atoms. The van der Waals surface area contributed by atoms with Gasteiger partial charge >= 0.3 is 0 Å². The molecule has 0 aromatic carbocycles. The van der Waals surface area contributed by atoms with E-state index in [-0.39, 0.29) is 24.2 Å². The zero-order chi connectivity index (χ0) is 15.3. The molecule has 1 saturated carbocycles. The smallest absolute Gasteiger partial charge is 0.254 e. The molecule has 2 aromatic rings. The Balaban J connectivity index is 1.79. The van der Waals surface area contributed by atoms with Crippen molar-refractivity contribution >= 4 is 35.4 Å². The number of carbonyl (C=O) groups is 2. The van der Waals surface area contributed by atoms with Crippen LogP contribution in [-0.2, 0) is 9.59 Å². The van der Waals surface area contributed by atoms with Crippen molar-refractivity contribution in [3.63, 3.8) is 0 Å². The van der Waals surface area contributed by atoms with Gasteiger partial charge in [0.1, 0.15) is 0 Å². The molecule has 4 N–H and O–H groups in total. The topological polar surface area (TPSA) is 127 Å². The second-order valence-corrected chi connectivity index (χ2v) is 5.38. The number of hydrogen-bond donors (Lipinski definition) is 3. The summed E-state index contributed by atoms with van der Waals surface area (Å²) in [6.07, 6.45) is 5.42. The minimum atomic E-state index is -0.386. The van der Waals surface area contributed by atoms with Crippen LogP contribution < -0.4 is 16.4 Å². The van der Waals surface area contributed by atoms with Gasteiger partial charge in [-0.15, -0.1) is 0 Å². The summed E-state index contributed by atoms with van der Waals surface area (Å²) in [5.74, 6) is -0.0370. The molecule has 2 amide bonds.